The molecule has 2 amide bonds. The number of carbonyl (C=O) groups is 2. The smallest absolute Gasteiger partial charge is 0.261 e. The molecule has 0 aliphatic heterocycles. The summed E-state index contributed by atoms with van der Waals surface area (Å²) in [7, 11) is 0. The highest BCUT2D eigenvalue weighted by Crippen LogP contribution is 2.19. The second-order valence-corrected chi connectivity index (χ2v) is 8.25. The third-order valence-electron chi connectivity index (χ3n) is 5.76. The minimum atomic E-state index is -0.821. The number of ether oxygens (including phenoxy) is 1. The van der Waals surface area contributed by atoms with Gasteiger partial charge in [0.15, 0.2) is 6.61 Å². The standard InChI is InChI=1S/C28H31FN2O3/c1-4-30-28(33)26(17-22-10-6-5-7-11-22)31(18-23-12-8-9-13-25(23)29)27(32)19-34-24-15-14-20(2)21(3)16-24/h5-16,26H,4,17-19H2,1-3H3,(H,30,33). The highest BCUT2D eigenvalue weighted by Gasteiger charge is 2.31. The molecule has 3 rings (SSSR count). The van der Waals surface area contributed by atoms with Gasteiger partial charge in [-0.05, 0) is 55.7 Å². The van der Waals surface area contributed by atoms with Crippen LogP contribution in [0.4, 0.5) is 4.39 Å². The Morgan fingerprint density at radius 3 is 2.35 bits per heavy atom. The number of hydrogen-bond donors (Lipinski definition) is 1. The first-order valence-electron chi connectivity index (χ1n) is 11.4. The molecule has 0 fully saturated rings. The molecule has 5 nitrogen and oxygen atoms in total. The summed E-state index contributed by atoms with van der Waals surface area (Å²) in [4.78, 5) is 27.9. The number of amides is 2. The van der Waals surface area contributed by atoms with Gasteiger partial charge in [0.05, 0.1) is 0 Å². The molecular weight excluding hydrogens is 431 g/mol. The molecule has 6 heteroatoms. The van der Waals surface area contributed by atoms with Crippen LogP contribution in [0.1, 0.15) is 29.2 Å². The first-order valence-corrected chi connectivity index (χ1v) is 11.4. The molecule has 0 heterocycles. The van der Waals surface area contributed by atoms with Crippen LogP contribution in [0, 0.1) is 19.7 Å². The largest absolute Gasteiger partial charge is 0.484 e. The fraction of sp³-hybridized carbons (Fsp3) is 0.286. The van der Waals surface area contributed by atoms with Crippen LogP contribution < -0.4 is 10.1 Å². The first-order chi connectivity index (χ1) is 16.4. The predicted octanol–water partition coefficient (Wildman–Crippen LogP) is 4.60. The molecular formula is C28H31FN2O3. The average molecular weight is 463 g/mol. The van der Waals surface area contributed by atoms with Gasteiger partial charge in [-0.3, -0.25) is 9.59 Å². The molecule has 0 radical (unpaired) electrons. The third-order valence-corrected chi connectivity index (χ3v) is 5.76. The van der Waals surface area contributed by atoms with Crippen molar-refractivity contribution in [3.05, 3.63) is 101 Å². The molecule has 1 unspecified atom stereocenters. The first kappa shape index (κ1) is 25.0. The number of nitrogens with zero attached hydrogens (tertiary/aromatic N) is 1. The number of halogens is 1. The van der Waals surface area contributed by atoms with Crippen LogP contribution in [0.3, 0.4) is 0 Å². The zero-order chi connectivity index (χ0) is 24.5. The van der Waals surface area contributed by atoms with Crippen LogP contribution in [-0.4, -0.2) is 35.9 Å². The van der Waals surface area contributed by atoms with Gasteiger partial charge in [-0.2, -0.15) is 0 Å². The number of likely N-dealkylation sites (N-methyl/N-ethyl adjacent to an activating group) is 1. The lowest BCUT2D eigenvalue weighted by atomic mass is 10.0. The van der Waals surface area contributed by atoms with E-state index in [2.05, 4.69) is 5.32 Å². The van der Waals surface area contributed by atoms with Gasteiger partial charge >= 0.3 is 0 Å². The van der Waals surface area contributed by atoms with Crippen molar-refractivity contribution in [3.8, 4) is 5.75 Å². The van der Waals surface area contributed by atoms with Crippen molar-refractivity contribution in [2.75, 3.05) is 13.2 Å². The van der Waals surface area contributed by atoms with Crippen molar-refractivity contribution in [1.82, 2.24) is 10.2 Å². The molecule has 3 aromatic rings. The summed E-state index contributed by atoms with van der Waals surface area (Å²) in [5.74, 6) is -0.541. The Labute approximate surface area is 200 Å². The van der Waals surface area contributed by atoms with E-state index in [9.17, 15) is 14.0 Å². The minimum absolute atomic E-state index is 0.0452. The normalized spacial score (nSPS) is 11.5. The lowest BCUT2D eigenvalue weighted by molar-refractivity contribution is -0.142. The Balaban J connectivity index is 1.90. The van der Waals surface area contributed by atoms with Crippen molar-refractivity contribution in [2.45, 2.75) is 39.8 Å². The van der Waals surface area contributed by atoms with E-state index in [0.717, 1.165) is 16.7 Å². The highest BCUT2D eigenvalue weighted by molar-refractivity contribution is 5.88. The fourth-order valence-electron chi connectivity index (χ4n) is 3.69. The number of aryl methyl sites for hydroxylation is 2. The number of hydrogen-bond acceptors (Lipinski definition) is 3. The van der Waals surface area contributed by atoms with Gasteiger partial charge in [-0.1, -0.05) is 54.6 Å². The second kappa shape index (κ2) is 12.0. The van der Waals surface area contributed by atoms with E-state index < -0.39 is 17.8 Å². The summed E-state index contributed by atoms with van der Waals surface area (Å²) in [6, 6.07) is 20.5. The van der Waals surface area contributed by atoms with Gasteiger partial charge in [-0.15, -0.1) is 0 Å². The summed E-state index contributed by atoms with van der Waals surface area (Å²) in [5, 5.41) is 2.82. The molecule has 1 atom stereocenters. The highest BCUT2D eigenvalue weighted by atomic mass is 19.1. The lowest BCUT2D eigenvalue weighted by Gasteiger charge is -2.31. The van der Waals surface area contributed by atoms with E-state index in [4.69, 9.17) is 4.74 Å². The maximum Gasteiger partial charge on any atom is 0.261 e. The Bertz CT molecular complexity index is 1120. The van der Waals surface area contributed by atoms with Crippen molar-refractivity contribution in [1.29, 1.82) is 0 Å². The van der Waals surface area contributed by atoms with Gasteiger partial charge < -0.3 is 15.0 Å². The van der Waals surface area contributed by atoms with Crippen molar-refractivity contribution in [3.63, 3.8) is 0 Å². The average Bonchev–Trinajstić information content (AvgIpc) is 2.83. The summed E-state index contributed by atoms with van der Waals surface area (Å²) < 4.78 is 20.3. The van der Waals surface area contributed by atoms with Gasteiger partial charge in [0, 0.05) is 25.1 Å². The summed E-state index contributed by atoms with van der Waals surface area (Å²) in [6.45, 7) is 5.91. The number of nitrogens with one attached hydrogen (secondary N) is 1. The monoisotopic (exact) mass is 462 g/mol. The van der Waals surface area contributed by atoms with E-state index in [0.29, 0.717) is 24.3 Å². The van der Waals surface area contributed by atoms with Crippen LogP contribution in [0.2, 0.25) is 0 Å². The summed E-state index contributed by atoms with van der Waals surface area (Å²) >= 11 is 0. The maximum absolute atomic E-state index is 14.5. The van der Waals surface area contributed by atoms with Crippen LogP contribution in [0.25, 0.3) is 0 Å². The molecule has 3 aromatic carbocycles. The summed E-state index contributed by atoms with van der Waals surface area (Å²) in [6.07, 6.45) is 0.302. The Kier molecular flexibility index (Phi) is 8.79. The van der Waals surface area contributed by atoms with Gasteiger partial charge in [-0.25, -0.2) is 4.39 Å². The molecule has 0 bridgehead atoms. The van der Waals surface area contributed by atoms with E-state index in [1.54, 1.807) is 18.2 Å². The molecule has 0 aliphatic carbocycles. The van der Waals surface area contributed by atoms with E-state index in [1.165, 1.54) is 11.0 Å². The maximum atomic E-state index is 14.5. The second-order valence-electron chi connectivity index (χ2n) is 8.25. The van der Waals surface area contributed by atoms with Gasteiger partial charge in [0.2, 0.25) is 5.91 Å². The number of benzene rings is 3. The van der Waals surface area contributed by atoms with Crippen LogP contribution in [0.5, 0.6) is 5.75 Å². The van der Waals surface area contributed by atoms with Crippen LogP contribution >= 0.6 is 0 Å². The quantitative estimate of drug-likeness (QED) is 0.479. The zero-order valence-electron chi connectivity index (χ0n) is 19.9. The van der Waals surface area contributed by atoms with E-state index in [1.807, 2.05) is 69.3 Å². The van der Waals surface area contributed by atoms with E-state index >= 15 is 0 Å². The lowest BCUT2D eigenvalue weighted by Crippen LogP contribution is -2.51. The number of carbonyl (C=O) groups excluding carboxylic acids is 2. The Hall–Kier alpha value is -3.67. The van der Waals surface area contributed by atoms with E-state index in [-0.39, 0.29) is 19.1 Å². The minimum Gasteiger partial charge on any atom is -0.484 e. The Morgan fingerprint density at radius 2 is 1.68 bits per heavy atom. The molecule has 0 saturated carbocycles. The van der Waals surface area contributed by atoms with Crippen LogP contribution in [-0.2, 0) is 22.6 Å². The third kappa shape index (κ3) is 6.67. The molecule has 0 aromatic heterocycles. The van der Waals surface area contributed by atoms with Crippen molar-refractivity contribution < 1.29 is 18.7 Å². The summed E-state index contributed by atoms with van der Waals surface area (Å²) in [5.41, 5.74) is 3.42. The van der Waals surface area contributed by atoms with Gasteiger partial charge in [0.25, 0.3) is 5.91 Å². The molecule has 178 valence electrons. The van der Waals surface area contributed by atoms with Crippen molar-refractivity contribution in [2.24, 2.45) is 0 Å². The Morgan fingerprint density at radius 1 is 0.971 bits per heavy atom. The number of rotatable bonds is 10. The predicted molar refractivity (Wildman–Crippen MR) is 131 cm³/mol. The van der Waals surface area contributed by atoms with Gasteiger partial charge in [0.1, 0.15) is 17.6 Å². The molecule has 0 spiro atoms. The van der Waals surface area contributed by atoms with Crippen molar-refractivity contribution >= 4 is 11.8 Å². The molecule has 34 heavy (non-hydrogen) atoms. The molecule has 0 aliphatic rings. The molecule has 0 saturated heterocycles. The fourth-order valence-corrected chi connectivity index (χ4v) is 3.69. The molecule has 1 N–H and O–H groups in total. The SMILES string of the molecule is CCNC(=O)C(Cc1ccccc1)N(Cc1ccccc1F)C(=O)COc1ccc(C)c(C)c1. The van der Waals surface area contributed by atoms with Crippen LogP contribution in [0.15, 0.2) is 72.8 Å². The topological polar surface area (TPSA) is 58.6 Å². The zero-order valence-corrected chi connectivity index (χ0v) is 19.9.